The van der Waals surface area contributed by atoms with Crippen LogP contribution in [0.2, 0.25) is 0 Å². The first-order chi connectivity index (χ1) is 12.3. The third kappa shape index (κ3) is 12.1. The van der Waals surface area contributed by atoms with Gasteiger partial charge in [-0.05, 0) is 19.3 Å². The third-order valence-electron chi connectivity index (χ3n) is 4.05. The summed E-state index contributed by atoms with van der Waals surface area (Å²) in [5.41, 5.74) is 0. The molecule has 0 radical (unpaired) electrons. The summed E-state index contributed by atoms with van der Waals surface area (Å²) in [6, 6.07) is 0. The summed E-state index contributed by atoms with van der Waals surface area (Å²) in [6.07, 6.45) is 5.77. The van der Waals surface area contributed by atoms with Crippen molar-refractivity contribution >= 4 is 27.5 Å². The molecule has 0 aliphatic carbocycles. The van der Waals surface area contributed by atoms with Crippen molar-refractivity contribution in [2.24, 2.45) is 0 Å². The minimum absolute atomic E-state index is 0.138. The number of carbonyl (C=O) groups excluding carboxylic acids is 1. The predicted octanol–water partition coefficient (Wildman–Crippen LogP) is 1.84. The number of hydrogen-bond donors (Lipinski definition) is 2. The molecule has 2 heterocycles. The number of unbranched alkanes of at least 4 members (excludes halogenated alkanes) is 1. The third-order valence-corrected chi connectivity index (χ3v) is 7.05. The van der Waals surface area contributed by atoms with Crippen molar-refractivity contribution in [2.45, 2.75) is 43.5 Å². The smallest absolute Gasteiger partial charge is 0.220 e. The Morgan fingerprint density at radius 3 is 2.64 bits per heavy atom. The van der Waals surface area contributed by atoms with Gasteiger partial charge in [0.2, 0.25) is 5.91 Å². The van der Waals surface area contributed by atoms with Crippen LogP contribution in [0.3, 0.4) is 0 Å². The van der Waals surface area contributed by atoms with E-state index in [0.29, 0.717) is 45.5 Å². The largest absolute Gasteiger partial charge is 0.378 e. The fourth-order valence-electron chi connectivity index (χ4n) is 2.49. The highest BCUT2D eigenvalue weighted by atomic mass is 33.1. The van der Waals surface area contributed by atoms with Crippen molar-refractivity contribution in [3.63, 3.8) is 0 Å². The van der Waals surface area contributed by atoms with Gasteiger partial charge in [0, 0.05) is 37.1 Å². The number of carbonyl (C=O) groups is 1. The number of ether oxygens (including phenoxy) is 3. The van der Waals surface area contributed by atoms with Crippen molar-refractivity contribution in [3.8, 4) is 0 Å². The zero-order valence-electron chi connectivity index (χ0n) is 15.0. The lowest BCUT2D eigenvalue weighted by molar-refractivity contribution is -0.121. The summed E-state index contributed by atoms with van der Waals surface area (Å²) in [5, 5.41) is 6.99. The van der Waals surface area contributed by atoms with Gasteiger partial charge in [0.1, 0.15) is 0 Å². The minimum Gasteiger partial charge on any atom is -0.378 e. The van der Waals surface area contributed by atoms with Gasteiger partial charge < -0.3 is 24.8 Å². The molecule has 2 aliphatic rings. The second kappa shape index (κ2) is 14.1. The molecular formula is C17H32N2O4S2. The maximum Gasteiger partial charge on any atom is 0.220 e. The molecule has 146 valence electrons. The highest BCUT2D eigenvalue weighted by Gasteiger charge is 2.20. The summed E-state index contributed by atoms with van der Waals surface area (Å²) in [5.74, 6) is 1.42. The number of nitrogens with one attached hydrogen (secondary N) is 2. The predicted molar refractivity (Wildman–Crippen MR) is 104 cm³/mol. The van der Waals surface area contributed by atoms with Crippen LogP contribution in [0.1, 0.15) is 32.1 Å². The Hall–Kier alpha value is 0.01000. The molecule has 2 rings (SSSR count). The molecule has 2 aliphatic heterocycles. The van der Waals surface area contributed by atoms with Crippen molar-refractivity contribution in [2.75, 3.05) is 58.4 Å². The van der Waals surface area contributed by atoms with Gasteiger partial charge in [0.15, 0.2) is 0 Å². The maximum absolute atomic E-state index is 11.7. The highest BCUT2D eigenvalue weighted by Crippen LogP contribution is 2.39. The van der Waals surface area contributed by atoms with Crippen LogP contribution in [0, 0.1) is 0 Å². The van der Waals surface area contributed by atoms with Gasteiger partial charge in [-0.25, -0.2) is 0 Å². The zero-order chi connectivity index (χ0) is 17.6. The maximum atomic E-state index is 11.7. The molecule has 0 aromatic heterocycles. The SMILES string of the molecule is O=C(CCCCC1CCSS1)NCCOCCOCCNCC1CO1. The monoisotopic (exact) mass is 392 g/mol. The standard InChI is InChI=1S/C17H32N2O4S2/c20-17(4-2-1-3-16-5-12-24-25-16)19-7-9-22-11-10-21-8-6-18-13-15-14-23-15/h15-16,18H,1-14H2,(H,19,20). The van der Waals surface area contributed by atoms with Crippen molar-refractivity contribution in [3.05, 3.63) is 0 Å². The van der Waals surface area contributed by atoms with Crippen LogP contribution in [0.4, 0.5) is 0 Å². The molecular weight excluding hydrogens is 360 g/mol. The quantitative estimate of drug-likeness (QED) is 0.236. The van der Waals surface area contributed by atoms with E-state index in [1.165, 1.54) is 18.6 Å². The van der Waals surface area contributed by atoms with E-state index in [4.69, 9.17) is 14.2 Å². The Labute approximate surface area is 159 Å². The summed E-state index contributed by atoms with van der Waals surface area (Å²) in [6.45, 7) is 5.61. The van der Waals surface area contributed by atoms with E-state index in [1.54, 1.807) is 0 Å². The highest BCUT2D eigenvalue weighted by molar-refractivity contribution is 8.77. The van der Waals surface area contributed by atoms with Gasteiger partial charge in [0.05, 0.1) is 39.1 Å². The molecule has 2 atom stereocenters. The lowest BCUT2D eigenvalue weighted by Crippen LogP contribution is -2.27. The number of amides is 1. The van der Waals surface area contributed by atoms with E-state index >= 15 is 0 Å². The van der Waals surface area contributed by atoms with Gasteiger partial charge >= 0.3 is 0 Å². The van der Waals surface area contributed by atoms with Gasteiger partial charge in [-0.2, -0.15) is 0 Å². The second-order valence-electron chi connectivity index (χ2n) is 6.31. The molecule has 1 amide bonds. The second-order valence-corrected chi connectivity index (χ2v) is 9.10. The van der Waals surface area contributed by atoms with Crippen LogP contribution < -0.4 is 10.6 Å². The molecule has 2 unspecified atom stereocenters. The number of hydrogen-bond acceptors (Lipinski definition) is 7. The molecule has 0 saturated carbocycles. The van der Waals surface area contributed by atoms with Gasteiger partial charge in [-0.15, -0.1) is 0 Å². The van der Waals surface area contributed by atoms with E-state index < -0.39 is 0 Å². The van der Waals surface area contributed by atoms with Gasteiger partial charge in [-0.3, -0.25) is 4.79 Å². The lowest BCUT2D eigenvalue weighted by atomic mass is 10.1. The Morgan fingerprint density at radius 1 is 1.12 bits per heavy atom. The average molecular weight is 393 g/mol. The molecule has 25 heavy (non-hydrogen) atoms. The summed E-state index contributed by atoms with van der Waals surface area (Å²) in [7, 11) is 3.99. The zero-order valence-corrected chi connectivity index (χ0v) is 16.6. The Morgan fingerprint density at radius 2 is 1.92 bits per heavy atom. The summed E-state index contributed by atoms with van der Waals surface area (Å²) in [4.78, 5) is 11.7. The Bertz CT molecular complexity index is 354. The lowest BCUT2D eigenvalue weighted by Gasteiger charge is -2.08. The van der Waals surface area contributed by atoms with E-state index in [2.05, 4.69) is 10.6 Å². The van der Waals surface area contributed by atoms with Crippen LogP contribution in [0.15, 0.2) is 0 Å². The van der Waals surface area contributed by atoms with Crippen LogP contribution in [-0.4, -0.2) is 75.7 Å². The normalized spacial score (nSPS) is 22.2. The number of rotatable bonds is 16. The molecule has 0 aromatic rings. The van der Waals surface area contributed by atoms with E-state index in [0.717, 1.165) is 37.8 Å². The molecule has 2 saturated heterocycles. The van der Waals surface area contributed by atoms with Crippen LogP contribution >= 0.6 is 21.6 Å². The first-order valence-electron chi connectivity index (χ1n) is 9.37. The van der Waals surface area contributed by atoms with E-state index in [-0.39, 0.29) is 5.91 Å². The first kappa shape index (κ1) is 21.3. The molecule has 2 N–H and O–H groups in total. The fourth-order valence-corrected chi connectivity index (χ4v) is 5.52. The van der Waals surface area contributed by atoms with E-state index in [1.807, 2.05) is 21.6 Å². The summed E-state index contributed by atoms with van der Waals surface area (Å²) < 4.78 is 16.0. The first-order valence-corrected chi connectivity index (χ1v) is 11.8. The molecule has 8 heteroatoms. The van der Waals surface area contributed by atoms with Gasteiger partial charge in [-0.1, -0.05) is 28.0 Å². The molecule has 0 spiro atoms. The number of epoxide rings is 1. The minimum atomic E-state index is 0.138. The average Bonchev–Trinajstić information content (AvgIpc) is 3.29. The van der Waals surface area contributed by atoms with Gasteiger partial charge in [0.25, 0.3) is 0 Å². The molecule has 6 nitrogen and oxygen atoms in total. The fraction of sp³-hybridized carbons (Fsp3) is 0.941. The summed E-state index contributed by atoms with van der Waals surface area (Å²) >= 11 is 0. The van der Waals surface area contributed by atoms with Crippen LogP contribution in [0.5, 0.6) is 0 Å². The van der Waals surface area contributed by atoms with Crippen molar-refractivity contribution in [1.29, 1.82) is 0 Å². The molecule has 0 bridgehead atoms. The van der Waals surface area contributed by atoms with Crippen molar-refractivity contribution < 1.29 is 19.0 Å². The van der Waals surface area contributed by atoms with E-state index in [9.17, 15) is 4.79 Å². The van der Waals surface area contributed by atoms with Crippen LogP contribution in [-0.2, 0) is 19.0 Å². The topological polar surface area (TPSA) is 72.1 Å². The molecule has 0 aromatic carbocycles. The Kier molecular flexibility index (Phi) is 12.0. The molecule has 2 fully saturated rings. The van der Waals surface area contributed by atoms with Crippen molar-refractivity contribution in [1.82, 2.24) is 10.6 Å². The van der Waals surface area contributed by atoms with Crippen LogP contribution in [0.25, 0.3) is 0 Å². The Balaban J connectivity index is 1.24.